The third kappa shape index (κ3) is 1.33. The molecule has 10 heavy (non-hydrogen) atoms. The van der Waals surface area contributed by atoms with Gasteiger partial charge in [-0.15, -0.1) is 0 Å². The van der Waals surface area contributed by atoms with Gasteiger partial charge in [0, 0.05) is 0 Å². The van der Waals surface area contributed by atoms with E-state index in [2.05, 4.69) is 27.4 Å². The van der Waals surface area contributed by atoms with Gasteiger partial charge in [0.25, 0.3) is 0 Å². The Labute approximate surface area is 60.1 Å². The number of nitrogens with one attached hydrogen (secondary N) is 2. The average molecular weight is 140 g/mol. The van der Waals surface area contributed by atoms with Crippen molar-refractivity contribution < 1.29 is 0 Å². The summed E-state index contributed by atoms with van der Waals surface area (Å²) in [5.41, 5.74) is 0. The molecule has 0 spiro atoms. The molecule has 1 unspecified atom stereocenters. The van der Waals surface area contributed by atoms with Crippen LogP contribution in [0.4, 0.5) is 0 Å². The van der Waals surface area contributed by atoms with E-state index in [0.717, 1.165) is 12.2 Å². The maximum Gasteiger partial charge on any atom is 0.141 e. The molecule has 1 heterocycles. The zero-order valence-corrected chi connectivity index (χ0v) is 6.26. The molecule has 4 heteroatoms. The molecule has 0 aliphatic carbocycles. The van der Waals surface area contributed by atoms with Gasteiger partial charge in [-0.2, -0.15) is 5.10 Å². The maximum absolute atomic E-state index is 4.03. The number of nitrogens with zero attached hydrogens (tertiary/aromatic N) is 2. The minimum atomic E-state index is 0.308. The van der Waals surface area contributed by atoms with Crippen molar-refractivity contribution in [3.63, 3.8) is 0 Å². The molecule has 0 radical (unpaired) electrons. The van der Waals surface area contributed by atoms with E-state index in [1.54, 1.807) is 0 Å². The number of aromatic nitrogens is 3. The Bertz CT molecular complexity index is 166. The molecule has 0 saturated heterocycles. The van der Waals surface area contributed by atoms with Crippen LogP contribution in [0.15, 0.2) is 6.33 Å². The minimum absolute atomic E-state index is 0.308. The topological polar surface area (TPSA) is 53.6 Å². The van der Waals surface area contributed by atoms with Crippen molar-refractivity contribution in [3.05, 3.63) is 12.2 Å². The molecule has 1 rings (SSSR count). The fraction of sp³-hybridized carbons (Fsp3) is 0.667. The number of hydrogen-bond acceptors (Lipinski definition) is 3. The molecular weight excluding hydrogens is 128 g/mol. The lowest BCUT2D eigenvalue weighted by atomic mass is 10.2. The van der Waals surface area contributed by atoms with E-state index in [-0.39, 0.29) is 0 Å². The first-order valence-electron chi connectivity index (χ1n) is 3.41. The Morgan fingerprint density at radius 3 is 3.00 bits per heavy atom. The summed E-state index contributed by atoms with van der Waals surface area (Å²) in [6.45, 7) is 2.10. The second-order valence-corrected chi connectivity index (χ2v) is 2.12. The third-order valence-corrected chi connectivity index (χ3v) is 1.52. The normalized spacial score (nSPS) is 13.4. The van der Waals surface area contributed by atoms with Crippen LogP contribution < -0.4 is 5.32 Å². The van der Waals surface area contributed by atoms with Crippen LogP contribution in [0.5, 0.6) is 0 Å². The molecule has 0 aromatic carbocycles. The molecular formula is C6H12N4. The summed E-state index contributed by atoms with van der Waals surface area (Å²) >= 11 is 0. The van der Waals surface area contributed by atoms with Crippen molar-refractivity contribution in [1.82, 2.24) is 20.5 Å². The molecule has 4 nitrogen and oxygen atoms in total. The van der Waals surface area contributed by atoms with Gasteiger partial charge >= 0.3 is 0 Å². The molecule has 0 bridgehead atoms. The van der Waals surface area contributed by atoms with Crippen LogP contribution >= 0.6 is 0 Å². The zero-order chi connectivity index (χ0) is 7.40. The second-order valence-electron chi connectivity index (χ2n) is 2.12. The Balaban J connectivity index is 2.64. The van der Waals surface area contributed by atoms with Crippen molar-refractivity contribution in [2.24, 2.45) is 0 Å². The molecule has 0 aliphatic heterocycles. The minimum Gasteiger partial charge on any atom is -0.310 e. The summed E-state index contributed by atoms with van der Waals surface area (Å²) in [5.74, 6) is 0.907. The second kappa shape index (κ2) is 3.31. The summed E-state index contributed by atoms with van der Waals surface area (Å²) in [6.07, 6.45) is 2.54. The molecule has 1 aromatic heterocycles. The van der Waals surface area contributed by atoms with Gasteiger partial charge < -0.3 is 5.32 Å². The maximum atomic E-state index is 4.03. The number of aromatic amines is 1. The Hall–Kier alpha value is -0.900. The Morgan fingerprint density at radius 2 is 2.60 bits per heavy atom. The van der Waals surface area contributed by atoms with Crippen molar-refractivity contribution >= 4 is 0 Å². The van der Waals surface area contributed by atoms with E-state index < -0.39 is 0 Å². The quantitative estimate of drug-likeness (QED) is 0.642. The van der Waals surface area contributed by atoms with Crippen molar-refractivity contribution in [1.29, 1.82) is 0 Å². The fourth-order valence-electron chi connectivity index (χ4n) is 0.917. The molecule has 1 atom stereocenters. The standard InChI is InChI=1S/C6H12N4/c1-3-5(7-2)6-8-4-9-10-6/h4-5,7H,3H2,1-2H3,(H,8,9,10). The van der Waals surface area contributed by atoms with Gasteiger partial charge in [0.2, 0.25) is 0 Å². The highest BCUT2D eigenvalue weighted by Gasteiger charge is 2.07. The van der Waals surface area contributed by atoms with E-state index in [0.29, 0.717) is 6.04 Å². The van der Waals surface area contributed by atoms with Gasteiger partial charge in [-0.25, -0.2) is 4.98 Å². The lowest BCUT2D eigenvalue weighted by Crippen LogP contribution is -2.16. The largest absolute Gasteiger partial charge is 0.310 e. The summed E-state index contributed by atoms with van der Waals surface area (Å²) in [7, 11) is 1.91. The molecule has 0 fully saturated rings. The third-order valence-electron chi connectivity index (χ3n) is 1.52. The first-order chi connectivity index (χ1) is 4.88. The molecule has 1 aromatic rings. The predicted octanol–water partition coefficient (Wildman–Crippen LogP) is 0.475. The summed E-state index contributed by atoms with van der Waals surface area (Å²) in [5, 5.41) is 9.70. The van der Waals surface area contributed by atoms with E-state index in [1.165, 1.54) is 6.33 Å². The van der Waals surface area contributed by atoms with Crippen LogP contribution in [-0.4, -0.2) is 22.2 Å². The zero-order valence-electron chi connectivity index (χ0n) is 6.26. The van der Waals surface area contributed by atoms with Crippen molar-refractivity contribution in [2.45, 2.75) is 19.4 Å². The molecule has 0 aliphatic rings. The predicted molar refractivity (Wildman–Crippen MR) is 38.5 cm³/mol. The van der Waals surface area contributed by atoms with Crippen molar-refractivity contribution in [3.8, 4) is 0 Å². The molecule has 0 saturated carbocycles. The van der Waals surface area contributed by atoms with Crippen LogP contribution in [0.25, 0.3) is 0 Å². The number of hydrogen-bond donors (Lipinski definition) is 2. The molecule has 2 N–H and O–H groups in total. The lowest BCUT2D eigenvalue weighted by Gasteiger charge is -2.08. The van der Waals surface area contributed by atoms with Gasteiger partial charge in [-0.3, -0.25) is 5.10 Å². The van der Waals surface area contributed by atoms with E-state index in [4.69, 9.17) is 0 Å². The van der Waals surface area contributed by atoms with Gasteiger partial charge in [0.15, 0.2) is 0 Å². The van der Waals surface area contributed by atoms with Crippen LogP contribution in [-0.2, 0) is 0 Å². The van der Waals surface area contributed by atoms with Gasteiger partial charge in [-0.1, -0.05) is 6.92 Å². The van der Waals surface area contributed by atoms with Crippen LogP contribution in [0.2, 0.25) is 0 Å². The van der Waals surface area contributed by atoms with E-state index in [1.807, 2.05) is 7.05 Å². The Morgan fingerprint density at radius 1 is 1.80 bits per heavy atom. The monoisotopic (exact) mass is 140 g/mol. The van der Waals surface area contributed by atoms with E-state index in [9.17, 15) is 0 Å². The SMILES string of the molecule is CCC(NC)c1ncn[nH]1. The number of rotatable bonds is 3. The summed E-state index contributed by atoms with van der Waals surface area (Å²) in [6, 6.07) is 0.308. The summed E-state index contributed by atoms with van der Waals surface area (Å²) < 4.78 is 0. The van der Waals surface area contributed by atoms with Crippen LogP contribution in [0.1, 0.15) is 25.2 Å². The first-order valence-corrected chi connectivity index (χ1v) is 3.41. The Kier molecular flexibility index (Phi) is 2.39. The highest BCUT2D eigenvalue weighted by Crippen LogP contribution is 2.08. The fourth-order valence-corrected chi connectivity index (χ4v) is 0.917. The molecule has 0 amide bonds. The lowest BCUT2D eigenvalue weighted by molar-refractivity contribution is 0.546. The van der Waals surface area contributed by atoms with Gasteiger partial charge in [0.1, 0.15) is 12.2 Å². The van der Waals surface area contributed by atoms with Gasteiger partial charge in [-0.05, 0) is 13.5 Å². The number of H-pyrrole nitrogens is 1. The van der Waals surface area contributed by atoms with Crippen LogP contribution in [0, 0.1) is 0 Å². The first kappa shape index (κ1) is 7.21. The highest BCUT2D eigenvalue weighted by molar-refractivity contribution is 4.89. The highest BCUT2D eigenvalue weighted by atomic mass is 15.2. The van der Waals surface area contributed by atoms with E-state index >= 15 is 0 Å². The summed E-state index contributed by atoms with van der Waals surface area (Å²) in [4.78, 5) is 4.03. The van der Waals surface area contributed by atoms with Crippen molar-refractivity contribution in [2.75, 3.05) is 7.05 Å². The van der Waals surface area contributed by atoms with Gasteiger partial charge in [0.05, 0.1) is 6.04 Å². The smallest absolute Gasteiger partial charge is 0.141 e. The average Bonchev–Trinajstić information content (AvgIpc) is 2.43. The van der Waals surface area contributed by atoms with Crippen LogP contribution in [0.3, 0.4) is 0 Å². The molecule has 56 valence electrons.